The van der Waals surface area contributed by atoms with Crippen LogP contribution in [-0.2, 0) is 0 Å². The van der Waals surface area contributed by atoms with E-state index in [1.807, 2.05) is 0 Å². The highest BCUT2D eigenvalue weighted by atomic mass is 19.4. The third kappa shape index (κ3) is 3.81. The van der Waals surface area contributed by atoms with Crippen LogP contribution in [0.5, 0.6) is 0 Å². The molecule has 0 saturated heterocycles. The summed E-state index contributed by atoms with van der Waals surface area (Å²) in [7, 11) is 0. The highest BCUT2D eigenvalue weighted by Crippen LogP contribution is 2.35. The molecule has 0 saturated carbocycles. The van der Waals surface area contributed by atoms with E-state index in [9.17, 15) is 35.1 Å². The van der Waals surface area contributed by atoms with E-state index in [-0.39, 0.29) is 12.1 Å². The first-order valence-corrected chi connectivity index (χ1v) is 5.21. The minimum atomic E-state index is -5.89. The average molecular weight is 318 g/mol. The third-order valence-electron chi connectivity index (χ3n) is 2.40. The first-order chi connectivity index (χ1) is 9.49. The zero-order valence-corrected chi connectivity index (χ0v) is 9.91. The van der Waals surface area contributed by atoms with Crippen molar-refractivity contribution < 1.29 is 35.1 Å². The largest absolute Gasteiger partial charge is 0.454 e. The maximum Gasteiger partial charge on any atom is 0.454 e. The molecule has 1 N–H and O–H groups in total. The Morgan fingerprint density at radius 2 is 1.52 bits per heavy atom. The van der Waals surface area contributed by atoms with E-state index in [1.54, 1.807) is 0 Å². The smallest absolute Gasteiger partial charge is 0.292 e. The number of nitriles is 1. The highest BCUT2D eigenvalue weighted by molar-refractivity contribution is 5.28. The molecule has 1 aromatic carbocycles. The molecule has 0 heterocycles. The van der Waals surface area contributed by atoms with Gasteiger partial charge in [0.25, 0.3) is 0 Å². The van der Waals surface area contributed by atoms with E-state index in [2.05, 4.69) is 0 Å². The maximum absolute atomic E-state index is 13.3. The van der Waals surface area contributed by atoms with Gasteiger partial charge in [-0.15, -0.1) is 0 Å². The molecule has 116 valence electrons. The van der Waals surface area contributed by atoms with Crippen LogP contribution in [0.3, 0.4) is 0 Å². The van der Waals surface area contributed by atoms with Gasteiger partial charge in [-0.25, -0.2) is 13.2 Å². The predicted molar refractivity (Wildman–Crippen MR) is 53.7 cm³/mol. The monoisotopic (exact) mass is 318 g/mol. The Balaban J connectivity index is 3.00. The standard InChI is InChI=1S/C11H6F8N2/c12-5-1-6(13)9(7(14)2-5)8(3-20)21-4-10(15,16)11(17,18)19/h1-2,8,21H,4H2. The van der Waals surface area contributed by atoms with E-state index in [4.69, 9.17) is 5.26 Å². The second kappa shape index (κ2) is 5.85. The molecule has 0 amide bonds. The van der Waals surface area contributed by atoms with Gasteiger partial charge in [0.15, 0.2) is 0 Å². The maximum atomic E-state index is 13.3. The second-order valence-electron chi connectivity index (χ2n) is 3.93. The topological polar surface area (TPSA) is 35.8 Å². The summed E-state index contributed by atoms with van der Waals surface area (Å²) in [5.74, 6) is -9.69. The van der Waals surface area contributed by atoms with Gasteiger partial charge >= 0.3 is 12.1 Å². The SMILES string of the molecule is N#CC(NCC(F)(F)C(F)(F)F)c1c(F)cc(F)cc1F. The van der Waals surface area contributed by atoms with Crippen LogP contribution in [0.1, 0.15) is 11.6 Å². The molecule has 0 bridgehead atoms. The van der Waals surface area contributed by atoms with Gasteiger partial charge in [0, 0.05) is 12.1 Å². The van der Waals surface area contributed by atoms with Crippen molar-refractivity contribution in [2.45, 2.75) is 18.1 Å². The lowest BCUT2D eigenvalue weighted by atomic mass is 10.1. The van der Waals surface area contributed by atoms with Gasteiger partial charge in [-0.3, -0.25) is 5.32 Å². The molecular formula is C11H6F8N2. The fourth-order valence-corrected chi connectivity index (χ4v) is 1.37. The van der Waals surface area contributed by atoms with Crippen molar-refractivity contribution in [2.75, 3.05) is 6.54 Å². The molecule has 0 aliphatic heterocycles. The average Bonchev–Trinajstić information content (AvgIpc) is 2.30. The number of benzene rings is 1. The molecule has 0 spiro atoms. The van der Waals surface area contributed by atoms with Crippen LogP contribution in [0, 0.1) is 28.8 Å². The molecule has 2 nitrogen and oxygen atoms in total. The van der Waals surface area contributed by atoms with Crippen LogP contribution < -0.4 is 5.32 Å². The highest BCUT2D eigenvalue weighted by Gasteiger charge is 2.57. The molecule has 0 aromatic heterocycles. The molecule has 1 atom stereocenters. The minimum Gasteiger partial charge on any atom is -0.292 e. The number of rotatable bonds is 4. The molecule has 21 heavy (non-hydrogen) atoms. The predicted octanol–water partition coefficient (Wildman–Crippen LogP) is 3.46. The summed E-state index contributed by atoms with van der Waals surface area (Å²) in [6.07, 6.45) is -5.89. The lowest BCUT2D eigenvalue weighted by Crippen LogP contribution is -2.46. The molecule has 0 radical (unpaired) electrons. The zero-order valence-electron chi connectivity index (χ0n) is 9.91. The van der Waals surface area contributed by atoms with Crippen LogP contribution in [-0.4, -0.2) is 18.6 Å². The Labute approximate surface area is 113 Å². The van der Waals surface area contributed by atoms with E-state index >= 15 is 0 Å². The number of alkyl halides is 5. The molecule has 1 unspecified atom stereocenters. The van der Waals surface area contributed by atoms with Gasteiger partial charge in [-0.2, -0.15) is 27.2 Å². The van der Waals surface area contributed by atoms with E-state index in [1.165, 1.54) is 5.32 Å². The number of hydrogen-bond donors (Lipinski definition) is 1. The molecule has 0 aliphatic carbocycles. The first kappa shape index (κ1) is 17.2. The summed E-state index contributed by atoms with van der Waals surface area (Å²) >= 11 is 0. The van der Waals surface area contributed by atoms with Gasteiger partial charge < -0.3 is 0 Å². The lowest BCUT2D eigenvalue weighted by Gasteiger charge is -2.22. The summed E-state index contributed by atoms with van der Waals surface area (Å²) in [6, 6.07) is -0.665. The van der Waals surface area contributed by atoms with Crippen molar-refractivity contribution in [2.24, 2.45) is 0 Å². The Hall–Kier alpha value is -1.89. The summed E-state index contributed by atoms with van der Waals surface area (Å²) in [5, 5.41) is 10.0. The van der Waals surface area contributed by atoms with Crippen LogP contribution in [0.2, 0.25) is 0 Å². The second-order valence-corrected chi connectivity index (χ2v) is 3.93. The van der Waals surface area contributed by atoms with Crippen molar-refractivity contribution in [1.82, 2.24) is 5.32 Å². The number of nitrogens with one attached hydrogen (secondary N) is 1. The van der Waals surface area contributed by atoms with Gasteiger partial charge in [0.1, 0.15) is 23.5 Å². The summed E-state index contributed by atoms with van der Waals surface area (Å²) in [6.45, 7) is -2.06. The van der Waals surface area contributed by atoms with E-state index in [0.717, 1.165) is 6.07 Å². The fraction of sp³-hybridized carbons (Fsp3) is 0.364. The number of hydrogen-bond acceptors (Lipinski definition) is 2. The third-order valence-corrected chi connectivity index (χ3v) is 2.40. The molecular weight excluding hydrogens is 312 g/mol. The van der Waals surface area contributed by atoms with Crippen molar-refractivity contribution in [3.8, 4) is 6.07 Å². The lowest BCUT2D eigenvalue weighted by molar-refractivity contribution is -0.279. The van der Waals surface area contributed by atoms with E-state index < -0.39 is 47.7 Å². The van der Waals surface area contributed by atoms with Crippen molar-refractivity contribution >= 4 is 0 Å². The molecule has 0 aliphatic rings. The van der Waals surface area contributed by atoms with Crippen LogP contribution in [0.25, 0.3) is 0 Å². The molecule has 1 aromatic rings. The van der Waals surface area contributed by atoms with Crippen molar-refractivity contribution in [3.63, 3.8) is 0 Å². The molecule has 1 rings (SSSR count). The van der Waals surface area contributed by atoms with Crippen molar-refractivity contribution in [3.05, 3.63) is 35.1 Å². The Morgan fingerprint density at radius 3 is 1.90 bits per heavy atom. The Morgan fingerprint density at radius 1 is 1.05 bits per heavy atom. The van der Waals surface area contributed by atoms with Crippen LogP contribution in [0.4, 0.5) is 35.1 Å². The summed E-state index contributed by atoms with van der Waals surface area (Å²) in [5.41, 5.74) is -1.14. The molecule has 0 fully saturated rings. The normalized spacial score (nSPS) is 13.9. The minimum absolute atomic E-state index is 0.173. The first-order valence-electron chi connectivity index (χ1n) is 5.21. The zero-order chi connectivity index (χ0) is 16.4. The quantitative estimate of drug-likeness (QED) is 0.863. The van der Waals surface area contributed by atoms with Crippen LogP contribution >= 0.6 is 0 Å². The van der Waals surface area contributed by atoms with Gasteiger partial charge in [-0.05, 0) is 0 Å². The van der Waals surface area contributed by atoms with Crippen molar-refractivity contribution in [1.29, 1.82) is 5.26 Å². The molecule has 10 heteroatoms. The van der Waals surface area contributed by atoms with Crippen LogP contribution in [0.15, 0.2) is 12.1 Å². The summed E-state index contributed by atoms with van der Waals surface area (Å²) in [4.78, 5) is 0. The van der Waals surface area contributed by atoms with Gasteiger partial charge in [0.2, 0.25) is 0 Å². The number of halogens is 8. The number of nitrogens with zero attached hydrogens (tertiary/aromatic N) is 1. The summed E-state index contributed by atoms with van der Waals surface area (Å²) < 4.78 is 100. The van der Waals surface area contributed by atoms with Gasteiger partial charge in [0.05, 0.1) is 18.2 Å². The Kier molecular flexibility index (Phi) is 4.78. The Bertz CT molecular complexity index is 537. The fourth-order valence-electron chi connectivity index (χ4n) is 1.37. The van der Waals surface area contributed by atoms with E-state index in [0.29, 0.717) is 0 Å². The van der Waals surface area contributed by atoms with Gasteiger partial charge in [-0.1, -0.05) is 0 Å².